The van der Waals surface area contributed by atoms with Crippen molar-refractivity contribution in [1.82, 2.24) is 5.43 Å². The van der Waals surface area contributed by atoms with Crippen LogP contribution < -0.4 is 5.43 Å². The number of amides is 1. The SMILES string of the molecule is CCC=NNC(=O)c1ccc(Cl)c([N+](=O)[O-])c1. The van der Waals surface area contributed by atoms with E-state index in [1.54, 1.807) is 0 Å². The molecule has 0 aliphatic rings. The van der Waals surface area contributed by atoms with Crippen molar-refractivity contribution in [3.8, 4) is 0 Å². The number of nitrogens with zero attached hydrogens (tertiary/aromatic N) is 2. The van der Waals surface area contributed by atoms with Gasteiger partial charge in [0, 0.05) is 17.8 Å². The number of carbonyl (C=O) groups excluding carboxylic acids is 1. The fraction of sp³-hybridized carbons (Fsp3) is 0.200. The topological polar surface area (TPSA) is 84.6 Å². The number of carbonyl (C=O) groups is 1. The molecule has 0 bridgehead atoms. The summed E-state index contributed by atoms with van der Waals surface area (Å²) in [6.07, 6.45) is 2.20. The van der Waals surface area contributed by atoms with E-state index in [0.717, 1.165) is 6.07 Å². The highest BCUT2D eigenvalue weighted by molar-refractivity contribution is 6.32. The maximum Gasteiger partial charge on any atom is 0.288 e. The first-order chi connectivity index (χ1) is 8.06. The molecule has 0 aliphatic heterocycles. The van der Waals surface area contributed by atoms with E-state index >= 15 is 0 Å². The van der Waals surface area contributed by atoms with Gasteiger partial charge in [0.1, 0.15) is 5.02 Å². The third kappa shape index (κ3) is 3.53. The number of hydrazone groups is 1. The van der Waals surface area contributed by atoms with Gasteiger partial charge < -0.3 is 0 Å². The summed E-state index contributed by atoms with van der Waals surface area (Å²) in [6.45, 7) is 1.86. The Bertz CT molecular complexity index is 474. The van der Waals surface area contributed by atoms with E-state index in [1.165, 1.54) is 18.3 Å². The maximum atomic E-state index is 11.5. The molecule has 1 aromatic rings. The Balaban J connectivity index is 2.92. The molecule has 0 aromatic heterocycles. The Morgan fingerprint density at radius 3 is 2.94 bits per heavy atom. The predicted octanol–water partition coefficient (Wildman–Crippen LogP) is 2.37. The number of benzene rings is 1. The van der Waals surface area contributed by atoms with Crippen molar-refractivity contribution in [1.29, 1.82) is 0 Å². The van der Waals surface area contributed by atoms with E-state index in [1.807, 2.05) is 6.92 Å². The highest BCUT2D eigenvalue weighted by Crippen LogP contribution is 2.24. The molecule has 0 atom stereocenters. The molecule has 17 heavy (non-hydrogen) atoms. The maximum absolute atomic E-state index is 11.5. The molecule has 1 rings (SSSR count). The van der Waals surface area contributed by atoms with Crippen LogP contribution in [0.5, 0.6) is 0 Å². The van der Waals surface area contributed by atoms with Crippen molar-refractivity contribution < 1.29 is 9.72 Å². The Morgan fingerprint density at radius 1 is 1.65 bits per heavy atom. The van der Waals surface area contributed by atoms with Crippen LogP contribution in [-0.2, 0) is 0 Å². The minimum absolute atomic E-state index is 0.0105. The van der Waals surface area contributed by atoms with Crippen molar-refractivity contribution >= 4 is 29.4 Å². The van der Waals surface area contributed by atoms with E-state index in [9.17, 15) is 14.9 Å². The second-order valence-corrected chi connectivity index (χ2v) is 3.49. The summed E-state index contributed by atoms with van der Waals surface area (Å²) in [5, 5.41) is 14.2. The largest absolute Gasteiger partial charge is 0.288 e. The molecule has 1 N–H and O–H groups in total. The lowest BCUT2D eigenvalue weighted by atomic mass is 10.2. The van der Waals surface area contributed by atoms with Gasteiger partial charge in [-0.3, -0.25) is 14.9 Å². The van der Waals surface area contributed by atoms with Crippen LogP contribution in [0.2, 0.25) is 5.02 Å². The average Bonchev–Trinajstić information content (AvgIpc) is 2.29. The van der Waals surface area contributed by atoms with Crippen LogP contribution in [0.15, 0.2) is 23.3 Å². The summed E-state index contributed by atoms with van der Waals surface area (Å²) >= 11 is 5.62. The molecule has 1 aromatic carbocycles. The first kappa shape index (κ1) is 13.1. The summed E-state index contributed by atoms with van der Waals surface area (Å²) in [7, 11) is 0. The molecule has 0 spiro atoms. The lowest BCUT2D eigenvalue weighted by Gasteiger charge is -2.00. The van der Waals surface area contributed by atoms with Crippen LogP contribution in [0, 0.1) is 10.1 Å². The van der Waals surface area contributed by atoms with E-state index in [-0.39, 0.29) is 16.3 Å². The molecular formula is C10H10ClN3O3. The van der Waals surface area contributed by atoms with Crippen LogP contribution in [0.25, 0.3) is 0 Å². The molecule has 0 saturated heterocycles. The molecule has 90 valence electrons. The van der Waals surface area contributed by atoms with Gasteiger partial charge in [-0.1, -0.05) is 18.5 Å². The Hall–Kier alpha value is -1.95. The minimum atomic E-state index is -0.644. The van der Waals surface area contributed by atoms with Crippen LogP contribution in [0.4, 0.5) is 5.69 Å². The van der Waals surface area contributed by atoms with Crippen LogP contribution in [0.3, 0.4) is 0 Å². The zero-order valence-electron chi connectivity index (χ0n) is 9.01. The van der Waals surface area contributed by atoms with Crippen molar-refractivity contribution in [3.05, 3.63) is 38.9 Å². The fourth-order valence-electron chi connectivity index (χ4n) is 1.05. The highest BCUT2D eigenvalue weighted by Gasteiger charge is 2.15. The summed E-state index contributed by atoms with van der Waals surface area (Å²) in [6, 6.07) is 3.81. The quantitative estimate of drug-likeness (QED) is 0.509. The van der Waals surface area contributed by atoms with Crippen LogP contribution in [0.1, 0.15) is 23.7 Å². The Morgan fingerprint density at radius 2 is 2.35 bits per heavy atom. The van der Waals surface area contributed by atoms with Crippen molar-refractivity contribution in [2.45, 2.75) is 13.3 Å². The first-order valence-corrected chi connectivity index (χ1v) is 5.20. The van der Waals surface area contributed by atoms with E-state index in [2.05, 4.69) is 10.5 Å². The minimum Gasteiger partial charge on any atom is -0.267 e. The molecule has 0 aliphatic carbocycles. The predicted molar refractivity (Wildman–Crippen MR) is 64.4 cm³/mol. The Labute approximate surface area is 102 Å². The van der Waals surface area contributed by atoms with Gasteiger partial charge in [-0.15, -0.1) is 0 Å². The number of nitro groups is 1. The molecule has 1 amide bonds. The van der Waals surface area contributed by atoms with Crippen LogP contribution >= 0.6 is 11.6 Å². The summed E-state index contributed by atoms with van der Waals surface area (Å²) in [4.78, 5) is 21.5. The Kier molecular flexibility index (Phi) is 4.59. The number of hydrogen-bond donors (Lipinski definition) is 1. The summed E-state index contributed by atoms with van der Waals surface area (Å²) in [5.41, 5.74) is 2.08. The van der Waals surface area contributed by atoms with E-state index < -0.39 is 10.8 Å². The van der Waals surface area contributed by atoms with Gasteiger partial charge in [-0.2, -0.15) is 5.10 Å². The third-order valence-corrected chi connectivity index (χ3v) is 2.16. The summed E-state index contributed by atoms with van der Waals surface area (Å²) in [5.74, 6) is -0.519. The van der Waals surface area contributed by atoms with Gasteiger partial charge in [0.05, 0.1) is 4.92 Å². The van der Waals surface area contributed by atoms with E-state index in [0.29, 0.717) is 6.42 Å². The number of halogens is 1. The molecule has 0 radical (unpaired) electrons. The molecule has 0 unspecified atom stereocenters. The molecular weight excluding hydrogens is 246 g/mol. The van der Waals surface area contributed by atoms with Gasteiger partial charge in [-0.05, 0) is 18.6 Å². The monoisotopic (exact) mass is 255 g/mol. The lowest BCUT2D eigenvalue weighted by Crippen LogP contribution is -2.17. The smallest absolute Gasteiger partial charge is 0.267 e. The van der Waals surface area contributed by atoms with Gasteiger partial charge in [0.15, 0.2) is 0 Å². The van der Waals surface area contributed by atoms with Crippen LogP contribution in [-0.4, -0.2) is 17.0 Å². The van der Waals surface area contributed by atoms with Crippen molar-refractivity contribution in [3.63, 3.8) is 0 Å². The van der Waals surface area contributed by atoms with Gasteiger partial charge in [-0.25, -0.2) is 5.43 Å². The van der Waals surface area contributed by atoms with Crippen molar-refractivity contribution in [2.75, 3.05) is 0 Å². The van der Waals surface area contributed by atoms with Gasteiger partial charge in [0.2, 0.25) is 0 Å². The zero-order valence-corrected chi connectivity index (χ0v) is 9.77. The molecule has 0 saturated carbocycles. The molecule has 0 heterocycles. The van der Waals surface area contributed by atoms with E-state index in [4.69, 9.17) is 11.6 Å². The van der Waals surface area contributed by atoms with Gasteiger partial charge >= 0.3 is 0 Å². The van der Waals surface area contributed by atoms with Gasteiger partial charge in [0.25, 0.3) is 11.6 Å². The molecule has 6 nitrogen and oxygen atoms in total. The lowest BCUT2D eigenvalue weighted by molar-refractivity contribution is -0.384. The molecule has 0 fully saturated rings. The highest BCUT2D eigenvalue weighted by atomic mass is 35.5. The third-order valence-electron chi connectivity index (χ3n) is 1.84. The second kappa shape index (κ2) is 5.95. The van der Waals surface area contributed by atoms with Crippen molar-refractivity contribution in [2.24, 2.45) is 5.10 Å². The summed E-state index contributed by atoms with van der Waals surface area (Å²) < 4.78 is 0. The first-order valence-electron chi connectivity index (χ1n) is 4.82. The number of nitrogens with one attached hydrogen (secondary N) is 1. The average molecular weight is 256 g/mol. The molecule has 7 heteroatoms. The second-order valence-electron chi connectivity index (χ2n) is 3.08. The number of rotatable bonds is 4. The normalized spacial score (nSPS) is 10.5. The number of hydrogen-bond acceptors (Lipinski definition) is 4. The fourth-order valence-corrected chi connectivity index (χ4v) is 1.24. The zero-order chi connectivity index (χ0) is 12.8. The standard InChI is InChI=1S/C10H10ClN3O3/c1-2-5-12-13-10(15)7-3-4-8(11)9(6-7)14(16)17/h3-6H,2H2,1H3,(H,13,15). The number of nitro benzene ring substituents is 1.